The van der Waals surface area contributed by atoms with Crippen LogP contribution in [0.15, 0.2) is 0 Å². The fraction of sp³-hybridized carbons (Fsp3) is 1.00. The highest BCUT2D eigenvalue weighted by atomic mass is 19.3. The summed E-state index contributed by atoms with van der Waals surface area (Å²) in [6, 6.07) is 0. The van der Waals surface area contributed by atoms with Gasteiger partial charge in [0.15, 0.2) is 0 Å². The Morgan fingerprint density at radius 2 is 1.80 bits per heavy atom. The molecule has 2 aliphatic heterocycles. The Hall–Kier alpha value is -0.220. The molecule has 88 valence electrons. The lowest BCUT2D eigenvalue weighted by Crippen LogP contribution is -2.43. The van der Waals surface area contributed by atoms with E-state index in [0.29, 0.717) is 25.8 Å². The maximum Gasteiger partial charge on any atom is 0.255 e. The highest BCUT2D eigenvalue weighted by Gasteiger charge is 2.47. The lowest BCUT2D eigenvalue weighted by Gasteiger charge is -2.36. The van der Waals surface area contributed by atoms with Gasteiger partial charge in [0, 0.05) is 18.4 Å². The molecule has 0 saturated carbocycles. The molecule has 2 aliphatic rings. The van der Waals surface area contributed by atoms with Crippen molar-refractivity contribution in [3.8, 4) is 0 Å². The van der Waals surface area contributed by atoms with Gasteiger partial charge in [-0.2, -0.15) is 0 Å². The van der Waals surface area contributed by atoms with Crippen molar-refractivity contribution in [1.29, 1.82) is 0 Å². The number of likely N-dealkylation sites (tertiary alicyclic amines) is 1. The second-order valence-corrected chi connectivity index (χ2v) is 4.94. The molecular formula is C11H20F2N2. The predicted molar refractivity (Wildman–Crippen MR) is 56.1 cm³/mol. The SMILES string of the molecule is CN1CCC(C(F)(F)C2CCNC2)CC1. The average molecular weight is 218 g/mol. The fourth-order valence-electron chi connectivity index (χ4n) is 2.71. The van der Waals surface area contributed by atoms with Crippen molar-refractivity contribution >= 4 is 0 Å². The van der Waals surface area contributed by atoms with Crippen LogP contribution in [-0.4, -0.2) is 44.0 Å². The maximum atomic E-state index is 14.1. The zero-order chi connectivity index (χ0) is 10.9. The summed E-state index contributed by atoms with van der Waals surface area (Å²) < 4.78 is 28.2. The largest absolute Gasteiger partial charge is 0.316 e. The summed E-state index contributed by atoms with van der Waals surface area (Å²) in [6.45, 7) is 2.90. The van der Waals surface area contributed by atoms with E-state index < -0.39 is 17.8 Å². The van der Waals surface area contributed by atoms with Gasteiger partial charge in [-0.1, -0.05) is 0 Å². The first-order valence-electron chi connectivity index (χ1n) is 5.88. The van der Waals surface area contributed by atoms with Gasteiger partial charge < -0.3 is 10.2 Å². The second-order valence-electron chi connectivity index (χ2n) is 4.94. The van der Waals surface area contributed by atoms with E-state index in [4.69, 9.17) is 0 Å². The molecule has 2 nitrogen and oxygen atoms in total. The third-order valence-corrected chi connectivity index (χ3v) is 3.87. The minimum absolute atomic E-state index is 0.390. The summed E-state index contributed by atoms with van der Waals surface area (Å²) in [5.41, 5.74) is 0. The average Bonchev–Trinajstić information content (AvgIpc) is 2.71. The zero-order valence-electron chi connectivity index (χ0n) is 9.31. The molecule has 0 bridgehead atoms. The molecule has 2 saturated heterocycles. The zero-order valence-corrected chi connectivity index (χ0v) is 9.31. The van der Waals surface area contributed by atoms with Gasteiger partial charge in [0.1, 0.15) is 0 Å². The molecule has 4 heteroatoms. The first-order chi connectivity index (χ1) is 7.10. The number of hydrogen-bond donors (Lipinski definition) is 1. The van der Waals surface area contributed by atoms with Crippen LogP contribution in [0.3, 0.4) is 0 Å². The van der Waals surface area contributed by atoms with Crippen LogP contribution in [0.25, 0.3) is 0 Å². The standard InChI is InChI=1S/C11H20F2N2/c1-15-6-3-9(4-7-15)11(12,13)10-2-5-14-8-10/h9-10,14H,2-8H2,1H3. The smallest absolute Gasteiger partial charge is 0.255 e. The molecule has 1 N–H and O–H groups in total. The van der Waals surface area contributed by atoms with Crippen molar-refractivity contribution < 1.29 is 8.78 Å². The van der Waals surface area contributed by atoms with Crippen LogP contribution in [0.5, 0.6) is 0 Å². The highest BCUT2D eigenvalue weighted by Crippen LogP contribution is 2.40. The van der Waals surface area contributed by atoms with E-state index in [1.165, 1.54) is 0 Å². The first-order valence-corrected chi connectivity index (χ1v) is 5.88. The van der Waals surface area contributed by atoms with Crippen LogP contribution in [0.4, 0.5) is 8.78 Å². The molecule has 0 amide bonds. The summed E-state index contributed by atoms with van der Waals surface area (Å²) in [7, 11) is 2.01. The number of piperidine rings is 1. The van der Waals surface area contributed by atoms with Gasteiger partial charge in [0.05, 0.1) is 0 Å². The van der Waals surface area contributed by atoms with Gasteiger partial charge in [-0.3, -0.25) is 0 Å². The number of nitrogens with one attached hydrogen (secondary N) is 1. The third kappa shape index (κ3) is 2.31. The Bertz CT molecular complexity index is 207. The van der Waals surface area contributed by atoms with Gasteiger partial charge in [-0.05, 0) is 45.9 Å². The molecule has 2 rings (SSSR count). The summed E-state index contributed by atoms with van der Waals surface area (Å²) in [5, 5.41) is 3.04. The fourth-order valence-corrected chi connectivity index (χ4v) is 2.71. The molecule has 2 heterocycles. The van der Waals surface area contributed by atoms with Crippen LogP contribution in [-0.2, 0) is 0 Å². The van der Waals surface area contributed by atoms with E-state index in [1.807, 2.05) is 7.05 Å². The Morgan fingerprint density at radius 3 is 2.33 bits per heavy atom. The Labute approximate surface area is 90.0 Å². The van der Waals surface area contributed by atoms with E-state index in [-0.39, 0.29) is 0 Å². The molecule has 15 heavy (non-hydrogen) atoms. The monoisotopic (exact) mass is 218 g/mol. The second kappa shape index (κ2) is 4.34. The lowest BCUT2D eigenvalue weighted by atomic mass is 9.83. The Kier molecular flexibility index (Phi) is 3.26. The van der Waals surface area contributed by atoms with Crippen molar-refractivity contribution in [3.05, 3.63) is 0 Å². The molecule has 0 aromatic heterocycles. The van der Waals surface area contributed by atoms with Gasteiger partial charge in [0.2, 0.25) is 0 Å². The van der Waals surface area contributed by atoms with Crippen molar-refractivity contribution in [2.45, 2.75) is 25.2 Å². The molecule has 0 aromatic rings. The van der Waals surface area contributed by atoms with E-state index >= 15 is 0 Å². The predicted octanol–water partition coefficient (Wildman–Crippen LogP) is 1.57. The minimum Gasteiger partial charge on any atom is -0.316 e. The topological polar surface area (TPSA) is 15.3 Å². The van der Waals surface area contributed by atoms with E-state index in [2.05, 4.69) is 10.2 Å². The highest BCUT2D eigenvalue weighted by molar-refractivity contribution is 4.91. The van der Waals surface area contributed by atoms with Gasteiger partial charge in [-0.15, -0.1) is 0 Å². The van der Waals surface area contributed by atoms with Gasteiger partial charge >= 0.3 is 0 Å². The molecule has 0 spiro atoms. The number of alkyl halides is 2. The third-order valence-electron chi connectivity index (χ3n) is 3.87. The Balaban J connectivity index is 1.95. The van der Waals surface area contributed by atoms with E-state index in [9.17, 15) is 8.78 Å². The molecule has 1 unspecified atom stereocenters. The number of rotatable bonds is 2. The molecular weight excluding hydrogens is 198 g/mol. The van der Waals surface area contributed by atoms with Gasteiger partial charge in [-0.25, -0.2) is 8.78 Å². The molecule has 0 aliphatic carbocycles. The van der Waals surface area contributed by atoms with Crippen LogP contribution in [0.1, 0.15) is 19.3 Å². The van der Waals surface area contributed by atoms with Crippen LogP contribution in [0, 0.1) is 11.8 Å². The summed E-state index contributed by atoms with van der Waals surface area (Å²) >= 11 is 0. The van der Waals surface area contributed by atoms with Crippen LogP contribution < -0.4 is 5.32 Å². The minimum atomic E-state index is -2.45. The first kappa shape index (κ1) is 11.3. The normalized spacial score (nSPS) is 31.0. The molecule has 0 aromatic carbocycles. The molecule has 2 fully saturated rings. The van der Waals surface area contributed by atoms with Crippen molar-refractivity contribution in [2.75, 3.05) is 33.2 Å². The van der Waals surface area contributed by atoms with E-state index in [0.717, 1.165) is 19.6 Å². The molecule has 0 radical (unpaired) electrons. The Morgan fingerprint density at radius 1 is 1.13 bits per heavy atom. The number of nitrogens with zero attached hydrogens (tertiary/aromatic N) is 1. The summed E-state index contributed by atoms with van der Waals surface area (Å²) in [4.78, 5) is 2.14. The maximum absolute atomic E-state index is 14.1. The summed E-state index contributed by atoms with van der Waals surface area (Å²) in [6.07, 6.45) is 1.94. The van der Waals surface area contributed by atoms with Crippen molar-refractivity contribution in [2.24, 2.45) is 11.8 Å². The van der Waals surface area contributed by atoms with E-state index in [1.54, 1.807) is 0 Å². The van der Waals surface area contributed by atoms with Gasteiger partial charge in [0.25, 0.3) is 5.92 Å². The molecule has 1 atom stereocenters. The van der Waals surface area contributed by atoms with Crippen molar-refractivity contribution in [3.63, 3.8) is 0 Å². The van der Waals surface area contributed by atoms with Crippen LogP contribution >= 0.6 is 0 Å². The number of halogens is 2. The quantitative estimate of drug-likeness (QED) is 0.757. The number of hydrogen-bond acceptors (Lipinski definition) is 2. The summed E-state index contributed by atoms with van der Waals surface area (Å²) in [5.74, 6) is -3.27. The van der Waals surface area contributed by atoms with Crippen LogP contribution in [0.2, 0.25) is 0 Å². The lowest BCUT2D eigenvalue weighted by molar-refractivity contribution is -0.117. The van der Waals surface area contributed by atoms with Crippen molar-refractivity contribution in [1.82, 2.24) is 10.2 Å².